The molecule has 0 bridgehead atoms. The van der Waals surface area contributed by atoms with Crippen LogP contribution in [0.25, 0.3) is 0 Å². The van der Waals surface area contributed by atoms with Crippen molar-refractivity contribution in [3.05, 3.63) is 12.7 Å². The van der Waals surface area contributed by atoms with Crippen LogP contribution in [0.4, 0.5) is 0 Å². The normalized spacial score (nSPS) is 18.6. The number of carboxylic acids is 1. The van der Waals surface area contributed by atoms with Gasteiger partial charge in [-0.1, -0.05) is 19.9 Å². The number of carbonyl (C=O) groups is 4. The highest BCUT2D eigenvalue weighted by molar-refractivity contribution is 5.90. The summed E-state index contributed by atoms with van der Waals surface area (Å²) in [5, 5.41) is 12.9. The molecular formula is C20H33N3O6. The molecule has 3 unspecified atom stereocenters. The lowest BCUT2D eigenvalue weighted by atomic mass is 10.1. The molecule has 1 aliphatic rings. The van der Waals surface area contributed by atoms with Crippen LogP contribution < -0.4 is 10.7 Å². The Kier molecular flexibility index (Phi) is 10.4. The zero-order valence-corrected chi connectivity index (χ0v) is 17.5. The minimum Gasteiger partial charge on any atom is -0.480 e. The molecule has 0 aromatic carbocycles. The van der Waals surface area contributed by atoms with Crippen molar-refractivity contribution in [3.8, 4) is 0 Å². The molecule has 0 spiro atoms. The third-order valence-corrected chi connectivity index (χ3v) is 4.64. The molecule has 1 rings (SSSR count). The van der Waals surface area contributed by atoms with Gasteiger partial charge in [-0.15, -0.1) is 6.58 Å². The zero-order valence-electron chi connectivity index (χ0n) is 17.5. The predicted octanol–water partition coefficient (Wildman–Crippen LogP) is 1.39. The van der Waals surface area contributed by atoms with Gasteiger partial charge in [0.05, 0.1) is 0 Å². The van der Waals surface area contributed by atoms with Crippen molar-refractivity contribution < 1.29 is 29.0 Å². The van der Waals surface area contributed by atoms with Gasteiger partial charge in [-0.3, -0.25) is 24.2 Å². The number of unbranched alkanes of at least 4 members (excludes halogenated alkanes) is 2. The molecule has 1 saturated heterocycles. The maximum Gasteiger partial charge on any atom is 0.322 e. The van der Waals surface area contributed by atoms with E-state index in [9.17, 15) is 19.2 Å². The quantitative estimate of drug-likeness (QED) is 0.266. The van der Waals surface area contributed by atoms with Crippen LogP contribution in [0.1, 0.15) is 59.3 Å². The molecule has 0 radical (unpaired) electrons. The van der Waals surface area contributed by atoms with Gasteiger partial charge >= 0.3 is 11.9 Å². The average Bonchev–Trinajstić information content (AvgIpc) is 2.68. The molecule has 29 heavy (non-hydrogen) atoms. The van der Waals surface area contributed by atoms with Crippen LogP contribution in [0, 0.1) is 5.92 Å². The number of nitrogens with zero attached hydrogens (tertiary/aromatic N) is 1. The second-order valence-corrected chi connectivity index (χ2v) is 7.57. The maximum absolute atomic E-state index is 12.6. The van der Waals surface area contributed by atoms with E-state index in [0.29, 0.717) is 25.8 Å². The first kappa shape index (κ1) is 24.6. The van der Waals surface area contributed by atoms with E-state index in [0.717, 1.165) is 12.8 Å². The molecule has 0 aliphatic carbocycles. The van der Waals surface area contributed by atoms with Gasteiger partial charge in [0.1, 0.15) is 12.1 Å². The number of allylic oxidation sites excluding steroid dienone is 1. The van der Waals surface area contributed by atoms with Crippen LogP contribution in [0.3, 0.4) is 0 Å². The largest absolute Gasteiger partial charge is 0.480 e. The third-order valence-electron chi connectivity index (χ3n) is 4.64. The number of hydrogen-bond donors (Lipinski definition) is 3. The highest BCUT2D eigenvalue weighted by Crippen LogP contribution is 2.12. The van der Waals surface area contributed by atoms with Gasteiger partial charge in [-0.05, 0) is 44.9 Å². The standard InChI is InChI=1S/C20H33N3O6/c1-5-6-7-8-11-16(24)29-17(13(2)3)18(25)21-14(4)19(26)23-12-9-10-15(22-23)20(27)28/h5,13-15,17,22H,1,6-12H2,2-4H3,(H,21,25)(H,27,28). The Morgan fingerprint density at radius 2 is 1.97 bits per heavy atom. The Morgan fingerprint density at radius 3 is 2.55 bits per heavy atom. The number of hydrazine groups is 1. The van der Waals surface area contributed by atoms with Crippen LogP contribution >= 0.6 is 0 Å². The van der Waals surface area contributed by atoms with Gasteiger partial charge in [0.2, 0.25) is 0 Å². The van der Waals surface area contributed by atoms with Crippen LogP contribution in [0.2, 0.25) is 0 Å². The van der Waals surface area contributed by atoms with Crippen LogP contribution in [-0.2, 0) is 23.9 Å². The highest BCUT2D eigenvalue weighted by atomic mass is 16.5. The molecule has 1 fully saturated rings. The number of ether oxygens (including phenoxy) is 1. The molecule has 0 aromatic heterocycles. The molecule has 2 amide bonds. The maximum atomic E-state index is 12.6. The third kappa shape index (κ3) is 8.23. The summed E-state index contributed by atoms with van der Waals surface area (Å²) < 4.78 is 5.33. The van der Waals surface area contributed by atoms with Crippen molar-refractivity contribution in [2.24, 2.45) is 5.92 Å². The van der Waals surface area contributed by atoms with Crippen molar-refractivity contribution in [3.63, 3.8) is 0 Å². The number of carbonyl (C=O) groups excluding carboxylic acids is 3. The fraction of sp³-hybridized carbons (Fsp3) is 0.700. The Balaban J connectivity index is 2.60. The number of esters is 1. The number of carboxylic acid groups (broad SMARTS) is 1. The first-order valence-electron chi connectivity index (χ1n) is 10.1. The number of rotatable bonds is 11. The second-order valence-electron chi connectivity index (χ2n) is 7.57. The van der Waals surface area contributed by atoms with E-state index in [1.165, 1.54) is 11.9 Å². The average molecular weight is 411 g/mol. The van der Waals surface area contributed by atoms with E-state index in [1.807, 2.05) is 0 Å². The molecular weight excluding hydrogens is 378 g/mol. The van der Waals surface area contributed by atoms with Crippen LogP contribution in [0.5, 0.6) is 0 Å². The van der Waals surface area contributed by atoms with Gasteiger partial charge in [0.25, 0.3) is 11.8 Å². The molecule has 3 atom stereocenters. The second kappa shape index (κ2) is 12.2. The Labute approximate surface area is 171 Å². The topological polar surface area (TPSA) is 125 Å². The molecule has 9 heteroatoms. The van der Waals surface area contributed by atoms with E-state index in [2.05, 4.69) is 17.3 Å². The summed E-state index contributed by atoms with van der Waals surface area (Å²) in [5.41, 5.74) is 2.67. The Morgan fingerprint density at radius 1 is 1.28 bits per heavy atom. The molecule has 0 aromatic rings. The first-order valence-corrected chi connectivity index (χ1v) is 10.1. The number of amides is 2. The lowest BCUT2D eigenvalue weighted by Gasteiger charge is -2.34. The van der Waals surface area contributed by atoms with Gasteiger partial charge < -0.3 is 15.2 Å². The van der Waals surface area contributed by atoms with Crippen molar-refractivity contribution in [1.29, 1.82) is 0 Å². The van der Waals surface area contributed by atoms with Crippen molar-refractivity contribution >= 4 is 23.8 Å². The molecule has 3 N–H and O–H groups in total. The summed E-state index contributed by atoms with van der Waals surface area (Å²) in [4.78, 5) is 48.3. The first-order chi connectivity index (χ1) is 13.7. The van der Waals surface area contributed by atoms with E-state index in [1.54, 1.807) is 19.9 Å². The zero-order chi connectivity index (χ0) is 22.0. The summed E-state index contributed by atoms with van der Waals surface area (Å²) in [6.07, 6.45) is 4.26. The van der Waals surface area contributed by atoms with Gasteiger partial charge in [0.15, 0.2) is 6.10 Å². The fourth-order valence-electron chi connectivity index (χ4n) is 2.97. The van der Waals surface area contributed by atoms with E-state index < -0.39 is 41.9 Å². The van der Waals surface area contributed by atoms with E-state index >= 15 is 0 Å². The van der Waals surface area contributed by atoms with Gasteiger partial charge in [-0.25, -0.2) is 5.43 Å². The van der Waals surface area contributed by atoms with Crippen molar-refractivity contribution in [1.82, 2.24) is 15.8 Å². The minimum absolute atomic E-state index is 0.215. The molecule has 1 heterocycles. The lowest BCUT2D eigenvalue weighted by molar-refractivity contribution is -0.159. The van der Waals surface area contributed by atoms with E-state index in [4.69, 9.17) is 9.84 Å². The number of hydrogen-bond acceptors (Lipinski definition) is 6. The van der Waals surface area contributed by atoms with Crippen molar-refractivity contribution in [2.45, 2.75) is 77.5 Å². The predicted molar refractivity (Wildman–Crippen MR) is 106 cm³/mol. The van der Waals surface area contributed by atoms with Gasteiger partial charge in [-0.2, -0.15) is 0 Å². The molecule has 1 aliphatic heterocycles. The SMILES string of the molecule is C=CCCCCC(=O)OC(C(=O)NC(C)C(=O)N1CCCC(C(=O)O)N1)C(C)C. The lowest BCUT2D eigenvalue weighted by Crippen LogP contribution is -2.60. The molecule has 164 valence electrons. The summed E-state index contributed by atoms with van der Waals surface area (Å²) in [6, 6.07) is -1.73. The summed E-state index contributed by atoms with van der Waals surface area (Å²) in [7, 11) is 0. The van der Waals surface area contributed by atoms with Crippen molar-refractivity contribution in [2.75, 3.05) is 6.54 Å². The minimum atomic E-state index is -1.03. The van der Waals surface area contributed by atoms with Gasteiger partial charge in [0, 0.05) is 13.0 Å². The fourth-order valence-corrected chi connectivity index (χ4v) is 2.97. The molecule has 0 saturated carbocycles. The summed E-state index contributed by atoms with van der Waals surface area (Å²) in [5.74, 6) is -2.74. The monoisotopic (exact) mass is 411 g/mol. The highest BCUT2D eigenvalue weighted by Gasteiger charge is 2.33. The summed E-state index contributed by atoms with van der Waals surface area (Å²) >= 11 is 0. The Hall–Kier alpha value is -2.42. The smallest absolute Gasteiger partial charge is 0.322 e. The number of aliphatic carboxylic acids is 1. The van der Waals surface area contributed by atoms with Crippen LogP contribution in [0.15, 0.2) is 12.7 Å². The van der Waals surface area contributed by atoms with E-state index in [-0.39, 0.29) is 12.3 Å². The summed E-state index contributed by atoms with van der Waals surface area (Å²) in [6.45, 7) is 9.01. The van der Waals surface area contributed by atoms with Crippen LogP contribution in [-0.4, -0.2) is 58.6 Å². The Bertz CT molecular complexity index is 607. The number of nitrogens with one attached hydrogen (secondary N) is 2. The molecule has 9 nitrogen and oxygen atoms in total.